The number of benzene rings is 1. The number of carboxylic acid groups (broad SMARTS) is 2. The first-order valence-electron chi connectivity index (χ1n) is 9.53. The number of oxime groups is 1. The lowest BCUT2D eigenvalue weighted by Gasteiger charge is -2.39. The van der Waals surface area contributed by atoms with E-state index in [2.05, 4.69) is 10.5 Å². The quantitative estimate of drug-likeness (QED) is 0.106. The summed E-state index contributed by atoms with van der Waals surface area (Å²) in [6, 6.07) is 3.88. The number of nitrogens with zero attached hydrogens (tertiary/aromatic N) is 2. The van der Waals surface area contributed by atoms with Crippen LogP contribution in [0.15, 0.2) is 40.7 Å². The zero-order chi connectivity index (χ0) is 24.0. The molecule has 1 saturated heterocycles. The van der Waals surface area contributed by atoms with Crippen molar-refractivity contribution >= 4 is 29.5 Å². The lowest BCUT2D eigenvalue weighted by molar-refractivity contribution is -0.148. The Morgan fingerprint density at radius 2 is 1.88 bits per heavy atom. The van der Waals surface area contributed by atoms with Gasteiger partial charge in [-0.05, 0) is 43.7 Å². The van der Waals surface area contributed by atoms with Crippen molar-refractivity contribution in [3.05, 3.63) is 41.1 Å². The minimum Gasteiger partial charge on any atom is -0.494 e. The summed E-state index contributed by atoms with van der Waals surface area (Å²) >= 11 is 0. The van der Waals surface area contributed by atoms with Crippen LogP contribution in [0.2, 0.25) is 0 Å². The molecular formula is C20H24N4O8. The van der Waals surface area contributed by atoms with Crippen molar-refractivity contribution in [1.82, 2.24) is 10.2 Å². The molecule has 1 aliphatic heterocycles. The van der Waals surface area contributed by atoms with Crippen LogP contribution in [0, 0.1) is 0 Å². The molecule has 172 valence electrons. The topological polar surface area (TPSA) is 192 Å². The predicted octanol–water partition coefficient (Wildman–Crippen LogP) is -0.249. The highest BCUT2D eigenvalue weighted by molar-refractivity contribution is 6.45. The third-order valence-electron chi connectivity index (χ3n) is 4.64. The minimum absolute atomic E-state index is 0.0264. The molecular weight excluding hydrogens is 424 g/mol. The second-order valence-electron chi connectivity index (χ2n) is 7.18. The first-order valence-corrected chi connectivity index (χ1v) is 9.53. The van der Waals surface area contributed by atoms with E-state index < -0.39 is 35.8 Å². The number of hydrogen-bond acceptors (Lipinski definition) is 8. The van der Waals surface area contributed by atoms with Crippen molar-refractivity contribution in [2.75, 3.05) is 13.2 Å². The van der Waals surface area contributed by atoms with Gasteiger partial charge in [0.15, 0.2) is 5.71 Å². The number of β-lactam (4-membered cyclic amide) rings is 1. The van der Waals surface area contributed by atoms with Crippen LogP contribution in [0.4, 0.5) is 0 Å². The fraction of sp³-hybridized carbons (Fsp3) is 0.350. The molecule has 1 heterocycles. The average molecular weight is 448 g/mol. The van der Waals surface area contributed by atoms with E-state index in [9.17, 15) is 29.5 Å². The van der Waals surface area contributed by atoms with E-state index in [1.54, 1.807) is 13.8 Å². The molecule has 1 aromatic rings. The number of carbonyl (C=O) groups is 4. The Kier molecular flexibility index (Phi) is 7.91. The number of hydrogen-bond donors (Lipinski definition) is 5. The predicted molar refractivity (Wildman–Crippen MR) is 110 cm³/mol. The van der Waals surface area contributed by atoms with Crippen molar-refractivity contribution in [1.29, 1.82) is 0 Å². The van der Waals surface area contributed by atoms with E-state index in [1.807, 2.05) is 0 Å². The largest absolute Gasteiger partial charge is 0.494 e. The maximum absolute atomic E-state index is 12.5. The maximum Gasteiger partial charge on any atom is 0.352 e. The molecule has 12 nitrogen and oxygen atoms in total. The third kappa shape index (κ3) is 5.60. The lowest BCUT2D eigenvalue weighted by Crippen LogP contribution is -2.64. The maximum atomic E-state index is 12.5. The second-order valence-corrected chi connectivity index (χ2v) is 7.18. The Morgan fingerprint density at radius 3 is 2.34 bits per heavy atom. The van der Waals surface area contributed by atoms with Crippen LogP contribution in [0.1, 0.15) is 25.8 Å². The summed E-state index contributed by atoms with van der Waals surface area (Å²) in [6.07, 6.45) is 0.103. The minimum atomic E-state index is -1.24. The average Bonchev–Trinajstić information content (AvgIpc) is 2.73. The van der Waals surface area contributed by atoms with E-state index in [-0.39, 0.29) is 36.5 Å². The van der Waals surface area contributed by atoms with Gasteiger partial charge < -0.3 is 36.1 Å². The number of nitrogens with one attached hydrogen (secondary N) is 1. The zero-order valence-corrected chi connectivity index (χ0v) is 17.4. The molecule has 6 N–H and O–H groups in total. The number of allylic oxidation sites excluding steroid dienone is 1. The number of nitrogens with two attached hydrogens (primary N) is 1. The van der Waals surface area contributed by atoms with Crippen molar-refractivity contribution < 1.29 is 39.3 Å². The number of ether oxygens (including phenoxy) is 1. The van der Waals surface area contributed by atoms with Crippen LogP contribution in [0.25, 0.3) is 0 Å². The van der Waals surface area contributed by atoms with Crippen LogP contribution in [0.5, 0.6) is 5.75 Å². The highest BCUT2D eigenvalue weighted by atomic mass is 16.5. The Morgan fingerprint density at radius 1 is 1.25 bits per heavy atom. The van der Waals surface area contributed by atoms with Gasteiger partial charge in [-0.1, -0.05) is 5.16 Å². The zero-order valence-electron chi connectivity index (χ0n) is 17.4. The van der Waals surface area contributed by atoms with Gasteiger partial charge in [-0.3, -0.25) is 14.4 Å². The van der Waals surface area contributed by atoms with Gasteiger partial charge in [0.2, 0.25) is 0 Å². The van der Waals surface area contributed by atoms with Gasteiger partial charge in [0.1, 0.15) is 23.5 Å². The smallest absolute Gasteiger partial charge is 0.352 e. The summed E-state index contributed by atoms with van der Waals surface area (Å²) in [7, 11) is 0. The Bertz CT molecular complexity index is 966. The molecule has 2 atom stereocenters. The van der Waals surface area contributed by atoms with Crippen molar-refractivity contribution in [2.45, 2.75) is 32.4 Å². The first kappa shape index (κ1) is 24.3. The van der Waals surface area contributed by atoms with Gasteiger partial charge >= 0.3 is 11.9 Å². The van der Waals surface area contributed by atoms with Crippen molar-refractivity contribution in [3.8, 4) is 5.75 Å². The summed E-state index contributed by atoms with van der Waals surface area (Å²) in [5.74, 6) is -3.39. The highest BCUT2D eigenvalue weighted by Gasteiger charge is 2.42. The summed E-state index contributed by atoms with van der Waals surface area (Å²) < 4.78 is 5.38. The van der Waals surface area contributed by atoms with Gasteiger partial charge in [-0.2, -0.15) is 0 Å². The van der Waals surface area contributed by atoms with E-state index in [1.165, 1.54) is 24.3 Å². The molecule has 0 saturated carbocycles. The molecule has 0 bridgehead atoms. The van der Waals surface area contributed by atoms with Crippen LogP contribution >= 0.6 is 0 Å². The summed E-state index contributed by atoms with van der Waals surface area (Å²) in [4.78, 5) is 47.8. The molecule has 0 radical (unpaired) electrons. The summed E-state index contributed by atoms with van der Waals surface area (Å²) in [5, 5.41) is 32.7. The Hall–Kier alpha value is -3.93. The van der Waals surface area contributed by atoms with Crippen LogP contribution < -0.4 is 15.8 Å². The molecule has 1 aliphatic rings. The normalized spacial score (nSPS) is 16.6. The van der Waals surface area contributed by atoms with Crippen LogP contribution in [-0.4, -0.2) is 75.0 Å². The van der Waals surface area contributed by atoms with Crippen molar-refractivity contribution in [2.24, 2.45) is 10.9 Å². The van der Waals surface area contributed by atoms with Gasteiger partial charge in [-0.25, -0.2) is 4.79 Å². The molecule has 1 fully saturated rings. The molecule has 0 aliphatic carbocycles. The molecule has 1 aromatic carbocycles. The third-order valence-corrected chi connectivity index (χ3v) is 4.64. The van der Waals surface area contributed by atoms with Gasteiger partial charge in [0, 0.05) is 12.0 Å². The number of carbonyl (C=O) groups excluding carboxylic acids is 2. The van der Waals surface area contributed by atoms with Crippen LogP contribution in [-0.2, 0) is 19.2 Å². The molecule has 0 aromatic heterocycles. The highest BCUT2D eigenvalue weighted by Crippen LogP contribution is 2.21. The van der Waals surface area contributed by atoms with Gasteiger partial charge in [0.25, 0.3) is 11.8 Å². The van der Waals surface area contributed by atoms with Crippen molar-refractivity contribution in [3.63, 3.8) is 0 Å². The van der Waals surface area contributed by atoms with Gasteiger partial charge in [-0.15, -0.1) is 0 Å². The Balaban J connectivity index is 1.96. The summed E-state index contributed by atoms with van der Waals surface area (Å²) in [6.45, 7) is 3.17. The number of likely N-dealkylation sites (tertiary alicyclic amines) is 1. The number of carboxylic acids is 2. The van der Waals surface area contributed by atoms with E-state index >= 15 is 0 Å². The SMILES string of the molecule is CC(C)=C(C(=O)O)N1CC(NC(=O)C(=NO)c2ccc(OCCC(N)C(=O)O)cc2)C1=O. The molecule has 2 unspecified atom stereocenters. The first-order chi connectivity index (χ1) is 15.1. The van der Waals surface area contributed by atoms with Crippen LogP contribution in [0.3, 0.4) is 0 Å². The number of aliphatic carboxylic acids is 2. The van der Waals surface area contributed by atoms with E-state index in [0.29, 0.717) is 11.3 Å². The molecule has 2 rings (SSSR count). The van der Waals surface area contributed by atoms with E-state index in [0.717, 1.165) is 4.90 Å². The molecule has 0 spiro atoms. The van der Waals surface area contributed by atoms with E-state index in [4.69, 9.17) is 15.6 Å². The molecule has 32 heavy (non-hydrogen) atoms. The standard InChI is InChI=1S/C20H24N4O8/c1-10(2)16(20(29)30)24-9-14(18(24)26)22-17(25)15(23-31)11-3-5-12(6-4-11)32-8-7-13(21)19(27)28/h3-6,13-14,31H,7-9,21H2,1-2H3,(H,22,25)(H,27,28)(H,29,30). The van der Waals surface area contributed by atoms with Gasteiger partial charge in [0.05, 0.1) is 13.2 Å². The molecule has 12 heteroatoms. The monoisotopic (exact) mass is 448 g/mol. The fourth-order valence-corrected chi connectivity index (χ4v) is 2.93. The summed E-state index contributed by atoms with van der Waals surface area (Å²) in [5.41, 5.74) is 5.58. The number of rotatable bonds is 10. The molecule has 2 amide bonds. The number of amides is 2. The fourth-order valence-electron chi connectivity index (χ4n) is 2.93. The Labute approximate surface area is 182 Å². The lowest BCUT2D eigenvalue weighted by atomic mass is 10.0. The second kappa shape index (κ2) is 10.4.